The van der Waals surface area contributed by atoms with Crippen LogP contribution in [-0.2, 0) is 10.8 Å². The largest absolute Gasteiger partial charge is 0.376 e. The minimum Gasteiger partial charge on any atom is -0.376 e. The molecule has 340 valence electrons. The van der Waals surface area contributed by atoms with Gasteiger partial charge in [0.25, 0.3) is 0 Å². The Bertz CT molecular complexity index is 3750. The summed E-state index contributed by atoms with van der Waals surface area (Å²) >= 11 is 1.94. The molecular formula is C66H57BN2S. The molecule has 0 radical (unpaired) electrons. The molecule has 4 heterocycles. The molecular weight excluding hydrogens is 864 g/mol. The van der Waals surface area contributed by atoms with Gasteiger partial charge in [0.15, 0.2) is 0 Å². The monoisotopic (exact) mass is 920 g/mol. The van der Waals surface area contributed by atoms with Gasteiger partial charge in [-0.25, -0.2) is 0 Å². The maximum Gasteiger partial charge on any atom is 0.333 e. The van der Waals surface area contributed by atoms with Crippen LogP contribution in [0.4, 0.5) is 11.4 Å². The van der Waals surface area contributed by atoms with Gasteiger partial charge in [-0.3, -0.25) is 0 Å². The lowest BCUT2D eigenvalue weighted by molar-refractivity contribution is 0.149. The number of anilines is 2. The van der Waals surface area contributed by atoms with Crippen LogP contribution < -0.4 is 15.7 Å². The highest BCUT2D eigenvalue weighted by molar-refractivity contribution is 7.26. The van der Waals surface area contributed by atoms with Crippen molar-refractivity contribution in [3.8, 4) is 39.1 Å². The van der Waals surface area contributed by atoms with Crippen LogP contribution >= 0.6 is 11.3 Å². The summed E-state index contributed by atoms with van der Waals surface area (Å²) in [7, 11) is 0. The van der Waals surface area contributed by atoms with Crippen LogP contribution in [0.2, 0.25) is 0 Å². The van der Waals surface area contributed by atoms with E-state index >= 15 is 0 Å². The lowest BCUT2D eigenvalue weighted by Crippen LogP contribution is -2.61. The maximum atomic E-state index is 2.79. The Labute approximate surface area is 416 Å². The Balaban J connectivity index is 1.04. The standard InChI is InChI=1S/C66H57BN2S/c1-3-17-44(18-4-1)46-23-26-50(27-24-46)69-57-29-30-60-62(51-21-7-8-22-59(51)70-60)61(57)54-35-47(45-19-5-2-6-20-45)36-58-63(54)67(69)55-39-49(66-33-11-15-43(41-66)16-12-34-66)38-53-52-37-48(25-28-56(52)68(58)64(53)55)65-31-9-13-42(40-65)14-10-32-65/h1-8,17-30,35-39,42-43H,9-16,31-34,40-41H2. The van der Waals surface area contributed by atoms with Gasteiger partial charge in [0, 0.05) is 53.6 Å². The second kappa shape index (κ2) is 15.1. The number of rotatable bonds is 5. The van der Waals surface area contributed by atoms with E-state index < -0.39 is 0 Å². The lowest BCUT2D eigenvalue weighted by Gasteiger charge is -2.47. The Kier molecular flexibility index (Phi) is 8.70. The van der Waals surface area contributed by atoms with Gasteiger partial charge in [-0.05, 0) is 172 Å². The van der Waals surface area contributed by atoms with Crippen molar-refractivity contribution in [3.05, 3.63) is 175 Å². The average Bonchev–Trinajstić information content (AvgIpc) is 3.97. The zero-order valence-corrected chi connectivity index (χ0v) is 40.8. The van der Waals surface area contributed by atoms with Crippen LogP contribution in [0, 0.1) is 11.8 Å². The van der Waals surface area contributed by atoms with E-state index in [1.165, 1.54) is 193 Å². The van der Waals surface area contributed by atoms with Crippen LogP contribution in [0.25, 0.3) is 81.0 Å². The van der Waals surface area contributed by atoms with E-state index in [1.54, 1.807) is 11.1 Å². The van der Waals surface area contributed by atoms with Gasteiger partial charge in [0.2, 0.25) is 0 Å². The zero-order chi connectivity index (χ0) is 45.7. The molecule has 2 aromatic heterocycles. The third-order valence-corrected chi connectivity index (χ3v) is 20.3. The first kappa shape index (κ1) is 40.4. The molecule has 4 heteroatoms. The fourth-order valence-electron chi connectivity index (χ4n) is 16.2. The van der Waals surface area contributed by atoms with Crippen molar-refractivity contribution in [1.29, 1.82) is 0 Å². The Morgan fingerprint density at radius 2 is 1.11 bits per heavy atom. The van der Waals surface area contributed by atoms with E-state index in [1.807, 2.05) is 11.3 Å². The number of aromatic nitrogens is 1. The molecule has 0 unspecified atom stereocenters. The second-order valence-electron chi connectivity index (χ2n) is 22.7. The number of thiophene rings is 1. The number of benzene rings is 8. The number of nitrogens with zero attached hydrogens (tertiary/aromatic N) is 2. The molecule has 6 aliphatic rings. The maximum absolute atomic E-state index is 2.79. The van der Waals surface area contributed by atoms with Crippen LogP contribution in [-0.4, -0.2) is 11.4 Å². The Morgan fingerprint density at radius 3 is 1.83 bits per heavy atom. The van der Waals surface area contributed by atoms with Crippen molar-refractivity contribution < 1.29 is 0 Å². The number of hydrogen-bond acceptors (Lipinski definition) is 2. The van der Waals surface area contributed by atoms with Gasteiger partial charge < -0.3 is 9.38 Å². The van der Waals surface area contributed by atoms with Crippen molar-refractivity contribution in [3.63, 3.8) is 0 Å². The minimum atomic E-state index is -0.0265. The summed E-state index contributed by atoms with van der Waals surface area (Å²) in [4.78, 5) is 2.79. The van der Waals surface area contributed by atoms with E-state index in [-0.39, 0.29) is 12.3 Å². The molecule has 4 aliphatic carbocycles. The van der Waals surface area contributed by atoms with Gasteiger partial charge in [0.1, 0.15) is 0 Å². The molecule has 0 atom stereocenters. The molecule has 4 bridgehead atoms. The summed E-state index contributed by atoms with van der Waals surface area (Å²) in [6, 6.07) is 64.4. The summed E-state index contributed by atoms with van der Waals surface area (Å²) in [5.41, 5.74) is 21.2. The molecule has 10 aromatic rings. The van der Waals surface area contributed by atoms with Crippen LogP contribution in [0.15, 0.2) is 164 Å². The predicted octanol–water partition coefficient (Wildman–Crippen LogP) is 16.9. The zero-order valence-electron chi connectivity index (χ0n) is 40.0. The predicted molar refractivity (Wildman–Crippen MR) is 299 cm³/mol. The van der Waals surface area contributed by atoms with E-state index in [4.69, 9.17) is 0 Å². The summed E-state index contributed by atoms with van der Waals surface area (Å²) < 4.78 is 5.47. The fraction of sp³-hybridized carbons (Fsp3) is 0.273. The van der Waals surface area contributed by atoms with Gasteiger partial charge in [-0.15, -0.1) is 11.3 Å². The molecule has 8 aromatic carbocycles. The first-order valence-corrected chi connectivity index (χ1v) is 27.7. The summed E-state index contributed by atoms with van der Waals surface area (Å²) in [6.45, 7) is -0.0265. The molecule has 2 aliphatic heterocycles. The minimum absolute atomic E-state index is 0.0265. The average molecular weight is 921 g/mol. The van der Waals surface area contributed by atoms with Crippen molar-refractivity contribution in [2.45, 2.75) is 101 Å². The van der Waals surface area contributed by atoms with Crippen molar-refractivity contribution in [1.82, 2.24) is 4.57 Å². The molecule has 2 nitrogen and oxygen atoms in total. The van der Waals surface area contributed by atoms with Gasteiger partial charge >= 0.3 is 6.85 Å². The van der Waals surface area contributed by atoms with Crippen molar-refractivity contribution in [2.24, 2.45) is 11.8 Å². The number of hydrogen-bond donors (Lipinski definition) is 0. The van der Waals surface area contributed by atoms with E-state index in [0.717, 1.165) is 11.8 Å². The van der Waals surface area contributed by atoms with Crippen molar-refractivity contribution in [2.75, 3.05) is 4.81 Å². The molecule has 0 amide bonds. The molecule has 0 saturated heterocycles. The van der Waals surface area contributed by atoms with Gasteiger partial charge in [-0.2, -0.15) is 0 Å². The molecule has 16 rings (SSSR count). The quantitative estimate of drug-likeness (QED) is 0.156. The van der Waals surface area contributed by atoms with Crippen LogP contribution in [0.3, 0.4) is 0 Å². The smallest absolute Gasteiger partial charge is 0.333 e. The second-order valence-corrected chi connectivity index (χ2v) is 23.8. The van der Waals surface area contributed by atoms with E-state index in [2.05, 4.69) is 173 Å². The van der Waals surface area contributed by atoms with Crippen LogP contribution in [0.1, 0.15) is 101 Å². The third kappa shape index (κ3) is 5.75. The normalized spacial score (nSPS) is 23.3. The van der Waals surface area contributed by atoms with Gasteiger partial charge in [0.05, 0.1) is 11.0 Å². The first-order chi connectivity index (χ1) is 34.6. The SMILES string of the molecule is c1ccc(-c2ccc(N3B4c5c(cc(-c6ccccc6)cc5-n5c6ccc(C78CCCC(CCC7)C8)cc6c6cc(C78CCCC(CCC7)C8)cc4c65)-c4c3ccc3sc5ccccc5c43)cc2)cc1. The summed E-state index contributed by atoms with van der Waals surface area (Å²) in [5.74, 6) is 1.73. The molecule has 4 fully saturated rings. The topological polar surface area (TPSA) is 8.17 Å². The number of fused-ring (bicyclic) bond motifs is 15. The highest BCUT2D eigenvalue weighted by Crippen LogP contribution is 2.56. The Hall–Kier alpha value is -6.36. The highest BCUT2D eigenvalue weighted by Gasteiger charge is 2.48. The molecule has 0 spiro atoms. The Morgan fingerprint density at radius 1 is 0.486 bits per heavy atom. The molecule has 4 saturated carbocycles. The molecule has 70 heavy (non-hydrogen) atoms. The molecule has 0 N–H and O–H groups in total. The van der Waals surface area contributed by atoms with E-state index in [0.29, 0.717) is 5.41 Å². The van der Waals surface area contributed by atoms with Crippen LogP contribution in [0.5, 0.6) is 0 Å². The van der Waals surface area contributed by atoms with Crippen molar-refractivity contribution >= 4 is 82.5 Å². The highest BCUT2D eigenvalue weighted by atomic mass is 32.1. The first-order valence-electron chi connectivity index (χ1n) is 26.9. The summed E-state index contributed by atoms with van der Waals surface area (Å²) in [6.07, 6.45) is 19.1. The lowest BCUT2D eigenvalue weighted by atomic mass is 9.43. The fourth-order valence-corrected chi connectivity index (χ4v) is 17.3. The van der Waals surface area contributed by atoms with Gasteiger partial charge in [-0.1, -0.05) is 154 Å². The van der Waals surface area contributed by atoms with E-state index in [9.17, 15) is 0 Å². The summed E-state index contributed by atoms with van der Waals surface area (Å²) in [5, 5.41) is 5.68. The third-order valence-electron chi connectivity index (χ3n) is 19.2.